The Bertz CT molecular complexity index is 339. The molecule has 3 heteroatoms. The summed E-state index contributed by atoms with van der Waals surface area (Å²) in [6.45, 7) is 6.95. The average Bonchev–Trinajstić information content (AvgIpc) is 2.35. The molecule has 0 aliphatic carbocycles. The Morgan fingerprint density at radius 2 is 2.06 bits per heavy atom. The summed E-state index contributed by atoms with van der Waals surface area (Å²) in [5.74, 6) is 0.956. The van der Waals surface area contributed by atoms with Crippen LogP contribution in [0, 0.1) is 0 Å². The summed E-state index contributed by atoms with van der Waals surface area (Å²) in [6.07, 6.45) is 1.15. The van der Waals surface area contributed by atoms with Gasteiger partial charge in [-0.3, -0.25) is 0 Å². The van der Waals surface area contributed by atoms with Crippen LogP contribution < -0.4 is 10.1 Å². The smallest absolute Gasteiger partial charge is 0.119 e. The fraction of sp³-hybridized carbons (Fsp3) is 0.600. The summed E-state index contributed by atoms with van der Waals surface area (Å²) in [7, 11) is 4.21. The Hall–Kier alpha value is -1.06. The second-order valence-corrected chi connectivity index (χ2v) is 4.77. The molecule has 1 aromatic rings. The van der Waals surface area contributed by atoms with Gasteiger partial charge in [0.1, 0.15) is 5.75 Å². The van der Waals surface area contributed by atoms with Gasteiger partial charge in [0.2, 0.25) is 0 Å². The zero-order valence-electron chi connectivity index (χ0n) is 12.1. The summed E-state index contributed by atoms with van der Waals surface area (Å²) in [5, 5.41) is 3.59. The van der Waals surface area contributed by atoms with Crippen LogP contribution in [0.1, 0.15) is 31.9 Å². The SMILES string of the molecule is CCCNC(CN(C)C)c1cccc(OCC)c1. The number of hydrogen-bond acceptors (Lipinski definition) is 3. The van der Waals surface area contributed by atoms with Gasteiger partial charge in [0.05, 0.1) is 6.61 Å². The highest BCUT2D eigenvalue weighted by Crippen LogP contribution is 2.20. The van der Waals surface area contributed by atoms with Crippen LogP contribution in [0.3, 0.4) is 0 Å². The molecule has 1 aromatic carbocycles. The molecule has 0 aromatic heterocycles. The van der Waals surface area contributed by atoms with E-state index in [1.165, 1.54) is 5.56 Å². The first-order chi connectivity index (χ1) is 8.67. The third kappa shape index (κ3) is 5.07. The van der Waals surface area contributed by atoms with Crippen molar-refractivity contribution in [2.24, 2.45) is 0 Å². The lowest BCUT2D eigenvalue weighted by Crippen LogP contribution is -2.31. The molecule has 1 N–H and O–H groups in total. The van der Waals surface area contributed by atoms with Gasteiger partial charge in [0.15, 0.2) is 0 Å². The second-order valence-electron chi connectivity index (χ2n) is 4.77. The highest BCUT2D eigenvalue weighted by atomic mass is 16.5. The van der Waals surface area contributed by atoms with Crippen molar-refractivity contribution in [3.63, 3.8) is 0 Å². The minimum absolute atomic E-state index is 0.361. The fourth-order valence-corrected chi connectivity index (χ4v) is 1.96. The number of rotatable bonds is 8. The molecule has 0 saturated heterocycles. The molecule has 0 aliphatic rings. The van der Waals surface area contributed by atoms with Crippen molar-refractivity contribution in [2.45, 2.75) is 26.3 Å². The summed E-state index contributed by atoms with van der Waals surface area (Å²) < 4.78 is 5.56. The van der Waals surface area contributed by atoms with Crippen LogP contribution in [-0.2, 0) is 0 Å². The Labute approximate surface area is 111 Å². The molecule has 0 amide bonds. The van der Waals surface area contributed by atoms with Gasteiger partial charge in [0, 0.05) is 12.6 Å². The van der Waals surface area contributed by atoms with Crippen molar-refractivity contribution in [3.8, 4) is 5.75 Å². The van der Waals surface area contributed by atoms with E-state index in [2.05, 4.69) is 49.4 Å². The molecule has 0 fully saturated rings. The zero-order valence-corrected chi connectivity index (χ0v) is 12.1. The summed E-state index contributed by atoms with van der Waals surface area (Å²) in [6, 6.07) is 8.75. The van der Waals surface area contributed by atoms with Crippen molar-refractivity contribution in [2.75, 3.05) is 33.8 Å². The molecule has 0 radical (unpaired) electrons. The van der Waals surface area contributed by atoms with Crippen LogP contribution in [0.4, 0.5) is 0 Å². The fourth-order valence-electron chi connectivity index (χ4n) is 1.96. The van der Waals surface area contributed by atoms with E-state index < -0.39 is 0 Å². The molecule has 0 heterocycles. The zero-order chi connectivity index (χ0) is 13.4. The molecule has 1 rings (SSSR count). The maximum absolute atomic E-state index is 5.56. The van der Waals surface area contributed by atoms with Crippen LogP contribution >= 0.6 is 0 Å². The first-order valence-electron chi connectivity index (χ1n) is 6.78. The maximum Gasteiger partial charge on any atom is 0.119 e. The lowest BCUT2D eigenvalue weighted by atomic mass is 10.1. The Morgan fingerprint density at radius 3 is 2.67 bits per heavy atom. The largest absolute Gasteiger partial charge is 0.494 e. The molecular weight excluding hydrogens is 224 g/mol. The maximum atomic E-state index is 5.56. The van der Waals surface area contributed by atoms with E-state index in [0.717, 1.165) is 25.3 Å². The molecule has 1 atom stereocenters. The lowest BCUT2D eigenvalue weighted by molar-refractivity contribution is 0.331. The van der Waals surface area contributed by atoms with Crippen LogP contribution in [0.5, 0.6) is 5.75 Å². The number of ether oxygens (including phenoxy) is 1. The van der Waals surface area contributed by atoms with Gasteiger partial charge in [-0.1, -0.05) is 19.1 Å². The predicted octanol–water partition coefficient (Wildman–Crippen LogP) is 2.69. The van der Waals surface area contributed by atoms with Gasteiger partial charge >= 0.3 is 0 Å². The number of nitrogens with one attached hydrogen (secondary N) is 1. The van der Waals surface area contributed by atoms with Crippen molar-refractivity contribution in [1.82, 2.24) is 10.2 Å². The minimum Gasteiger partial charge on any atom is -0.494 e. The Balaban J connectivity index is 2.78. The van der Waals surface area contributed by atoms with E-state index in [0.29, 0.717) is 12.6 Å². The molecule has 1 unspecified atom stereocenters. The van der Waals surface area contributed by atoms with E-state index in [-0.39, 0.29) is 0 Å². The highest BCUT2D eigenvalue weighted by Gasteiger charge is 2.12. The third-order valence-electron chi connectivity index (χ3n) is 2.76. The number of nitrogens with zero attached hydrogens (tertiary/aromatic N) is 1. The van der Waals surface area contributed by atoms with Gasteiger partial charge in [0.25, 0.3) is 0 Å². The topological polar surface area (TPSA) is 24.5 Å². The van der Waals surface area contributed by atoms with Crippen molar-refractivity contribution in [3.05, 3.63) is 29.8 Å². The minimum atomic E-state index is 0.361. The second kappa shape index (κ2) is 8.11. The van der Waals surface area contributed by atoms with E-state index in [9.17, 15) is 0 Å². The van der Waals surface area contributed by atoms with E-state index in [1.54, 1.807) is 0 Å². The first kappa shape index (κ1) is 15.0. The first-order valence-corrected chi connectivity index (χ1v) is 6.78. The van der Waals surface area contributed by atoms with Crippen LogP contribution in [0.15, 0.2) is 24.3 Å². The van der Waals surface area contributed by atoms with Gasteiger partial charge in [-0.05, 0) is 51.7 Å². The molecular formula is C15H26N2O. The van der Waals surface area contributed by atoms with Crippen molar-refractivity contribution >= 4 is 0 Å². The monoisotopic (exact) mass is 250 g/mol. The summed E-state index contributed by atoms with van der Waals surface area (Å²) in [5.41, 5.74) is 1.29. The van der Waals surface area contributed by atoms with Crippen LogP contribution in [0.25, 0.3) is 0 Å². The van der Waals surface area contributed by atoms with Gasteiger partial charge in [-0.15, -0.1) is 0 Å². The Kier molecular flexibility index (Phi) is 6.76. The quantitative estimate of drug-likeness (QED) is 0.767. The molecule has 102 valence electrons. The summed E-state index contributed by atoms with van der Waals surface area (Å²) >= 11 is 0. The Morgan fingerprint density at radius 1 is 1.28 bits per heavy atom. The van der Waals surface area contributed by atoms with E-state index >= 15 is 0 Å². The lowest BCUT2D eigenvalue weighted by Gasteiger charge is -2.23. The van der Waals surface area contributed by atoms with E-state index in [1.807, 2.05) is 13.0 Å². The van der Waals surface area contributed by atoms with Crippen LogP contribution in [0.2, 0.25) is 0 Å². The van der Waals surface area contributed by atoms with Gasteiger partial charge < -0.3 is 15.0 Å². The standard InChI is InChI=1S/C15H26N2O/c1-5-10-16-15(12-17(3)4)13-8-7-9-14(11-13)18-6-2/h7-9,11,15-16H,5-6,10,12H2,1-4H3. The molecule has 3 nitrogen and oxygen atoms in total. The number of hydrogen-bond donors (Lipinski definition) is 1. The van der Waals surface area contributed by atoms with Crippen molar-refractivity contribution in [1.29, 1.82) is 0 Å². The van der Waals surface area contributed by atoms with Gasteiger partial charge in [-0.2, -0.15) is 0 Å². The molecule has 18 heavy (non-hydrogen) atoms. The highest BCUT2D eigenvalue weighted by molar-refractivity contribution is 5.30. The molecule has 0 bridgehead atoms. The normalized spacial score (nSPS) is 12.7. The van der Waals surface area contributed by atoms with Crippen LogP contribution in [-0.4, -0.2) is 38.7 Å². The van der Waals surface area contributed by atoms with E-state index in [4.69, 9.17) is 4.74 Å². The third-order valence-corrected chi connectivity index (χ3v) is 2.76. The number of benzene rings is 1. The average molecular weight is 250 g/mol. The van der Waals surface area contributed by atoms with Crippen molar-refractivity contribution < 1.29 is 4.74 Å². The number of likely N-dealkylation sites (N-methyl/N-ethyl adjacent to an activating group) is 1. The summed E-state index contributed by atoms with van der Waals surface area (Å²) in [4.78, 5) is 2.21. The molecule has 0 saturated carbocycles. The van der Waals surface area contributed by atoms with Gasteiger partial charge in [-0.25, -0.2) is 0 Å². The predicted molar refractivity (Wildman–Crippen MR) is 77.2 cm³/mol. The molecule has 0 aliphatic heterocycles. The molecule has 0 spiro atoms.